The van der Waals surface area contributed by atoms with Gasteiger partial charge in [-0.25, -0.2) is 4.98 Å². The molecule has 0 saturated carbocycles. The molecule has 0 fully saturated rings. The lowest BCUT2D eigenvalue weighted by Gasteiger charge is -2.28. The Labute approximate surface area is 123 Å². The van der Waals surface area contributed by atoms with Gasteiger partial charge < -0.3 is 19.3 Å². The van der Waals surface area contributed by atoms with Gasteiger partial charge >= 0.3 is 0 Å². The second kappa shape index (κ2) is 6.51. The van der Waals surface area contributed by atoms with E-state index < -0.39 is 5.60 Å². The van der Waals surface area contributed by atoms with Gasteiger partial charge in [0.1, 0.15) is 5.69 Å². The van der Waals surface area contributed by atoms with Crippen LogP contribution >= 0.6 is 0 Å². The second-order valence-corrected chi connectivity index (χ2v) is 4.43. The molecule has 1 aromatic carbocycles. The number of rotatable bonds is 6. The monoisotopic (exact) mass is 290 g/mol. The maximum atomic E-state index is 11.1. The summed E-state index contributed by atoms with van der Waals surface area (Å²) in [6.07, 6.45) is 1.43. The van der Waals surface area contributed by atoms with E-state index in [0.29, 0.717) is 11.4 Å². The molecule has 0 spiro atoms. The molecule has 0 bridgehead atoms. The van der Waals surface area contributed by atoms with Crippen LogP contribution in [0.25, 0.3) is 0 Å². The molecule has 0 radical (unpaired) electrons. The predicted molar refractivity (Wildman–Crippen MR) is 76.5 cm³/mol. The zero-order valence-corrected chi connectivity index (χ0v) is 12.2. The fraction of sp³-hybridized carbons (Fsp3) is 0.333. The van der Waals surface area contributed by atoms with E-state index in [9.17, 15) is 5.11 Å². The highest BCUT2D eigenvalue weighted by Gasteiger charge is 2.37. The molecular weight excluding hydrogens is 272 g/mol. The van der Waals surface area contributed by atoms with Crippen LogP contribution in [0.3, 0.4) is 0 Å². The molecule has 1 unspecified atom stereocenters. The summed E-state index contributed by atoms with van der Waals surface area (Å²) in [6, 6.07) is 9.13. The van der Waals surface area contributed by atoms with Crippen LogP contribution in [0.1, 0.15) is 11.3 Å². The van der Waals surface area contributed by atoms with Crippen molar-refractivity contribution in [2.24, 2.45) is 0 Å². The highest BCUT2D eigenvalue weighted by atomic mass is 16.5. The van der Waals surface area contributed by atoms with Crippen LogP contribution < -0.4 is 9.47 Å². The van der Waals surface area contributed by atoms with E-state index in [0.717, 1.165) is 0 Å². The molecule has 112 valence electrons. The molecule has 1 heterocycles. The highest BCUT2D eigenvalue weighted by molar-refractivity contribution is 5.38. The first-order valence-corrected chi connectivity index (χ1v) is 6.38. The second-order valence-electron chi connectivity index (χ2n) is 4.43. The maximum Gasteiger partial charge on any atom is 0.242 e. The summed E-state index contributed by atoms with van der Waals surface area (Å²) in [5, 5.41) is 11.1. The van der Waals surface area contributed by atoms with Gasteiger partial charge in [0.05, 0.1) is 27.0 Å². The van der Waals surface area contributed by atoms with E-state index in [1.807, 2.05) is 18.2 Å². The number of ether oxygens (including phenoxy) is 3. The third kappa shape index (κ3) is 2.96. The first kappa shape index (κ1) is 15.2. The summed E-state index contributed by atoms with van der Waals surface area (Å²) < 4.78 is 15.4. The van der Waals surface area contributed by atoms with Crippen LogP contribution in [0.15, 0.2) is 36.5 Å². The molecule has 1 atom stereocenters. The summed E-state index contributed by atoms with van der Waals surface area (Å²) in [4.78, 5) is 8.41. The van der Waals surface area contributed by atoms with Crippen LogP contribution in [0.4, 0.5) is 0 Å². The van der Waals surface area contributed by atoms with E-state index in [-0.39, 0.29) is 18.2 Å². The number of methoxy groups -OCH3 is 3. The zero-order valence-electron chi connectivity index (χ0n) is 12.2. The number of hydrogen-bond acceptors (Lipinski definition) is 6. The minimum absolute atomic E-state index is 0.0222. The Kier molecular flexibility index (Phi) is 4.72. The van der Waals surface area contributed by atoms with E-state index in [1.54, 1.807) is 12.1 Å². The van der Waals surface area contributed by atoms with Crippen LogP contribution in [-0.4, -0.2) is 43.0 Å². The van der Waals surface area contributed by atoms with Gasteiger partial charge in [0.2, 0.25) is 11.8 Å². The average molecular weight is 290 g/mol. The lowest BCUT2D eigenvalue weighted by molar-refractivity contribution is -0.00855. The normalized spacial score (nSPS) is 13.5. The molecule has 0 amide bonds. The van der Waals surface area contributed by atoms with Gasteiger partial charge in [-0.15, -0.1) is 0 Å². The van der Waals surface area contributed by atoms with E-state index in [1.165, 1.54) is 27.5 Å². The Morgan fingerprint density at radius 1 is 1.10 bits per heavy atom. The summed E-state index contributed by atoms with van der Waals surface area (Å²) in [6.45, 7) is 0.0222. The molecule has 0 aliphatic heterocycles. The number of aliphatic hydroxyl groups is 1. The smallest absolute Gasteiger partial charge is 0.242 e. The number of nitrogens with zero attached hydrogens (tertiary/aromatic N) is 2. The van der Waals surface area contributed by atoms with Gasteiger partial charge in [0, 0.05) is 7.11 Å². The Bertz CT molecular complexity index is 591. The summed E-state index contributed by atoms with van der Waals surface area (Å²) in [5.74, 6) is 0.501. The fourth-order valence-corrected chi connectivity index (χ4v) is 2.09. The van der Waals surface area contributed by atoms with Crippen molar-refractivity contribution >= 4 is 0 Å². The lowest BCUT2D eigenvalue weighted by Crippen LogP contribution is -2.34. The number of aromatic nitrogens is 2. The average Bonchev–Trinajstić information content (AvgIpc) is 2.55. The van der Waals surface area contributed by atoms with Gasteiger partial charge in [-0.3, -0.25) is 0 Å². The van der Waals surface area contributed by atoms with Crippen molar-refractivity contribution in [3.63, 3.8) is 0 Å². The Balaban J connectivity index is 2.57. The quantitative estimate of drug-likeness (QED) is 0.866. The molecule has 6 heteroatoms. The lowest BCUT2D eigenvalue weighted by atomic mass is 9.91. The van der Waals surface area contributed by atoms with E-state index >= 15 is 0 Å². The van der Waals surface area contributed by atoms with Crippen molar-refractivity contribution in [2.45, 2.75) is 5.60 Å². The number of benzene rings is 1. The summed E-state index contributed by atoms with van der Waals surface area (Å²) in [5.41, 5.74) is -0.538. The molecule has 0 aliphatic rings. The molecule has 0 aliphatic carbocycles. The predicted octanol–water partition coefficient (Wildman–Crippen LogP) is 1.38. The van der Waals surface area contributed by atoms with Gasteiger partial charge in [-0.05, 0) is 5.56 Å². The van der Waals surface area contributed by atoms with Gasteiger partial charge in [-0.2, -0.15) is 4.98 Å². The first-order valence-electron chi connectivity index (χ1n) is 6.38. The minimum atomic E-state index is -1.46. The molecule has 6 nitrogen and oxygen atoms in total. The van der Waals surface area contributed by atoms with Crippen LogP contribution in [-0.2, 0) is 10.3 Å². The Morgan fingerprint density at radius 3 is 2.38 bits per heavy atom. The van der Waals surface area contributed by atoms with Crippen LogP contribution in [0, 0.1) is 0 Å². The maximum absolute atomic E-state index is 11.1. The van der Waals surface area contributed by atoms with Crippen molar-refractivity contribution < 1.29 is 19.3 Å². The van der Waals surface area contributed by atoms with Crippen molar-refractivity contribution in [1.29, 1.82) is 0 Å². The van der Waals surface area contributed by atoms with Crippen LogP contribution in [0.5, 0.6) is 11.8 Å². The largest absolute Gasteiger partial charge is 0.480 e. The Hall–Kier alpha value is -2.18. The van der Waals surface area contributed by atoms with Crippen molar-refractivity contribution in [3.8, 4) is 11.8 Å². The standard InChI is InChI=1S/C15H18N2O4/c1-19-10-15(18,11-7-5-4-6-8-11)13-14(21-3)17-12(20-2)9-16-13/h4-9,18H,10H2,1-3H3. The van der Waals surface area contributed by atoms with Crippen LogP contribution in [0.2, 0.25) is 0 Å². The highest BCUT2D eigenvalue weighted by Crippen LogP contribution is 2.34. The molecule has 2 aromatic rings. The third-order valence-corrected chi connectivity index (χ3v) is 3.12. The molecular formula is C15H18N2O4. The molecule has 2 rings (SSSR count). The van der Waals surface area contributed by atoms with Gasteiger partial charge in [-0.1, -0.05) is 30.3 Å². The molecule has 1 aromatic heterocycles. The fourth-order valence-electron chi connectivity index (χ4n) is 2.09. The first-order chi connectivity index (χ1) is 10.2. The van der Waals surface area contributed by atoms with Gasteiger partial charge in [0.25, 0.3) is 0 Å². The Morgan fingerprint density at radius 2 is 1.81 bits per heavy atom. The van der Waals surface area contributed by atoms with E-state index in [4.69, 9.17) is 14.2 Å². The SMILES string of the molecule is COCC(O)(c1ccccc1)c1ncc(OC)nc1OC. The van der Waals surface area contributed by atoms with Crippen molar-refractivity contribution in [2.75, 3.05) is 27.9 Å². The molecule has 21 heavy (non-hydrogen) atoms. The third-order valence-electron chi connectivity index (χ3n) is 3.12. The van der Waals surface area contributed by atoms with E-state index in [2.05, 4.69) is 9.97 Å². The summed E-state index contributed by atoms with van der Waals surface area (Å²) >= 11 is 0. The zero-order chi connectivity index (χ0) is 15.3. The van der Waals surface area contributed by atoms with Gasteiger partial charge in [0.15, 0.2) is 5.60 Å². The molecule has 1 N–H and O–H groups in total. The van der Waals surface area contributed by atoms with Crippen molar-refractivity contribution in [3.05, 3.63) is 47.8 Å². The summed E-state index contributed by atoms with van der Waals surface area (Å²) in [7, 11) is 4.46. The minimum Gasteiger partial charge on any atom is -0.480 e. The van der Waals surface area contributed by atoms with Crippen molar-refractivity contribution in [1.82, 2.24) is 9.97 Å². The topological polar surface area (TPSA) is 73.7 Å². The molecule has 0 saturated heterocycles. The number of hydrogen-bond donors (Lipinski definition) is 1.